The molecule has 0 aliphatic carbocycles. The van der Waals surface area contributed by atoms with Gasteiger partial charge in [-0.25, -0.2) is 4.98 Å². The average Bonchev–Trinajstić information content (AvgIpc) is 2.95. The largest absolute Gasteiger partial charge is 0.381 e. The fraction of sp³-hybridized carbons (Fsp3) is 0.375. The molecule has 4 nitrogen and oxygen atoms in total. The summed E-state index contributed by atoms with van der Waals surface area (Å²) in [6.07, 6.45) is 1.60. The maximum atomic E-state index is 12.2. The summed E-state index contributed by atoms with van der Waals surface area (Å²) in [7, 11) is 0. The molecule has 0 saturated carbocycles. The number of aromatic nitrogens is 1. The summed E-state index contributed by atoms with van der Waals surface area (Å²) < 4.78 is 5.29. The van der Waals surface area contributed by atoms with Crippen molar-refractivity contribution in [3.63, 3.8) is 0 Å². The predicted molar refractivity (Wildman–Crippen MR) is 84.5 cm³/mol. The second-order valence-corrected chi connectivity index (χ2v) is 6.27. The fourth-order valence-corrected chi connectivity index (χ4v) is 3.08. The van der Waals surface area contributed by atoms with Gasteiger partial charge in [-0.3, -0.25) is 4.79 Å². The lowest BCUT2D eigenvalue weighted by molar-refractivity contribution is -0.122. The number of aryl methyl sites for hydroxylation is 1. The van der Waals surface area contributed by atoms with Gasteiger partial charge in [0.15, 0.2) is 0 Å². The van der Waals surface area contributed by atoms with Crippen LogP contribution in [0.25, 0.3) is 11.3 Å². The van der Waals surface area contributed by atoms with Crippen LogP contribution >= 0.6 is 11.3 Å². The first-order chi connectivity index (χ1) is 10.2. The molecule has 0 unspecified atom stereocenters. The van der Waals surface area contributed by atoms with E-state index in [0.29, 0.717) is 13.2 Å². The third-order valence-electron chi connectivity index (χ3n) is 3.64. The molecule has 1 aliphatic heterocycles. The Bertz CT molecular complexity index is 633. The molecule has 0 spiro atoms. The molecule has 1 aromatic carbocycles. The topological polar surface area (TPSA) is 51.2 Å². The lowest BCUT2D eigenvalue weighted by Crippen LogP contribution is -2.28. The molecule has 1 fully saturated rings. The van der Waals surface area contributed by atoms with Crippen LogP contribution in [-0.4, -0.2) is 24.1 Å². The monoisotopic (exact) mass is 302 g/mol. The van der Waals surface area contributed by atoms with Gasteiger partial charge in [-0.2, -0.15) is 0 Å². The first-order valence-corrected chi connectivity index (χ1v) is 8.01. The number of carbonyl (C=O) groups excluding carboxylic acids is 1. The third kappa shape index (κ3) is 3.49. The minimum absolute atomic E-state index is 0.0592. The summed E-state index contributed by atoms with van der Waals surface area (Å²) in [5, 5.41) is 6.09. The van der Waals surface area contributed by atoms with Crippen molar-refractivity contribution < 1.29 is 9.53 Å². The smallest absolute Gasteiger partial charge is 0.227 e. The van der Waals surface area contributed by atoms with Crippen LogP contribution in [0, 0.1) is 12.8 Å². The van der Waals surface area contributed by atoms with Crippen LogP contribution < -0.4 is 5.32 Å². The van der Waals surface area contributed by atoms with Gasteiger partial charge in [0, 0.05) is 35.8 Å². The molecule has 0 atom stereocenters. The van der Waals surface area contributed by atoms with E-state index in [2.05, 4.69) is 10.3 Å². The Morgan fingerprint density at radius 2 is 2.19 bits per heavy atom. The molecule has 21 heavy (non-hydrogen) atoms. The summed E-state index contributed by atoms with van der Waals surface area (Å²) in [6.45, 7) is 3.34. The molecule has 5 heteroatoms. The molecule has 1 saturated heterocycles. The van der Waals surface area contributed by atoms with Gasteiger partial charge in [0.05, 0.1) is 10.7 Å². The van der Waals surface area contributed by atoms with E-state index in [9.17, 15) is 4.79 Å². The molecule has 1 N–H and O–H groups in total. The van der Waals surface area contributed by atoms with E-state index >= 15 is 0 Å². The molecule has 110 valence electrons. The van der Waals surface area contributed by atoms with E-state index in [4.69, 9.17) is 4.74 Å². The highest BCUT2D eigenvalue weighted by Gasteiger charge is 2.21. The maximum Gasteiger partial charge on any atom is 0.227 e. The van der Waals surface area contributed by atoms with Crippen LogP contribution in [0.2, 0.25) is 0 Å². The number of thiazole rings is 1. The fourth-order valence-electron chi connectivity index (χ4n) is 2.46. The zero-order valence-electron chi connectivity index (χ0n) is 12.0. The summed E-state index contributed by atoms with van der Waals surface area (Å²) in [4.78, 5) is 16.7. The van der Waals surface area contributed by atoms with Crippen LogP contribution in [0.4, 0.5) is 5.69 Å². The minimum atomic E-state index is 0.0592. The summed E-state index contributed by atoms with van der Waals surface area (Å²) in [5.41, 5.74) is 2.82. The van der Waals surface area contributed by atoms with Crippen LogP contribution in [-0.2, 0) is 9.53 Å². The quantitative estimate of drug-likeness (QED) is 0.944. The van der Waals surface area contributed by atoms with Crippen molar-refractivity contribution in [3.05, 3.63) is 34.7 Å². The number of ether oxygens (including phenoxy) is 1. The number of amides is 1. The molecule has 2 aromatic rings. The van der Waals surface area contributed by atoms with Crippen molar-refractivity contribution in [2.75, 3.05) is 18.5 Å². The van der Waals surface area contributed by atoms with Crippen LogP contribution in [0.5, 0.6) is 0 Å². The SMILES string of the molecule is Cc1nc(-c2cccc(NC(=O)C3CCOCC3)c2)cs1. The molecule has 0 bridgehead atoms. The van der Waals surface area contributed by atoms with Crippen molar-refractivity contribution in [3.8, 4) is 11.3 Å². The molecule has 0 radical (unpaired) electrons. The van der Waals surface area contributed by atoms with Gasteiger partial charge in [0.25, 0.3) is 0 Å². The Labute approximate surface area is 128 Å². The van der Waals surface area contributed by atoms with E-state index in [1.54, 1.807) is 11.3 Å². The molecule has 1 amide bonds. The number of hydrogen-bond donors (Lipinski definition) is 1. The van der Waals surface area contributed by atoms with Gasteiger partial charge in [0.2, 0.25) is 5.91 Å². The number of nitrogens with zero attached hydrogens (tertiary/aromatic N) is 1. The Balaban J connectivity index is 1.72. The Morgan fingerprint density at radius 1 is 1.38 bits per heavy atom. The Hall–Kier alpha value is -1.72. The van der Waals surface area contributed by atoms with Gasteiger partial charge in [-0.05, 0) is 31.9 Å². The van der Waals surface area contributed by atoms with Crippen LogP contribution in [0.15, 0.2) is 29.6 Å². The highest BCUT2D eigenvalue weighted by atomic mass is 32.1. The van der Waals surface area contributed by atoms with Crippen molar-refractivity contribution in [2.45, 2.75) is 19.8 Å². The highest BCUT2D eigenvalue weighted by molar-refractivity contribution is 7.09. The zero-order chi connectivity index (χ0) is 14.7. The summed E-state index contributed by atoms with van der Waals surface area (Å²) >= 11 is 1.63. The van der Waals surface area contributed by atoms with Gasteiger partial charge in [-0.1, -0.05) is 12.1 Å². The van der Waals surface area contributed by atoms with Gasteiger partial charge in [-0.15, -0.1) is 11.3 Å². The number of nitrogens with one attached hydrogen (secondary N) is 1. The summed E-state index contributed by atoms with van der Waals surface area (Å²) in [6, 6.07) is 7.86. The Morgan fingerprint density at radius 3 is 2.90 bits per heavy atom. The molecular weight excluding hydrogens is 284 g/mol. The molecule has 3 rings (SSSR count). The lowest BCUT2D eigenvalue weighted by atomic mass is 9.99. The van der Waals surface area contributed by atoms with Gasteiger partial charge < -0.3 is 10.1 Å². The van der Waals surface area contributed by atoms with Crippen molar-refractivity contribution in [1.82, 2.24) is 4.98 Å². The maximum absolute atomic E-state index is 12.2. The highest BCUT2D eigenvalue weighted by Crippen LogP contribution is 2.25. The number of benzene rings is 1. The molecule has 2 heterocycles. The van der Waals surface area contributed by atoms with Crippen LogP contribution in [0.1, 0.15) is 17.8 Å². The standard InChI is InChI=1S/C16H18N2O2S/c1-11-17-15(10-21-11)13-3-2-4-14(9-13)18-16(19)12-5-7-20-8-6-12/h2-4,9-10,12H,5-8H2,1H3,(H,18,19). The Kier molecular flexibility index (Phi) is 4.31. The van der Waals surface area contributed by atoms with E-state index < -0.39 is 0 Å². The number of carbonyl (C=O) groups is 1. The van der Waals surface area contributed by atoms with Crippen molar-refractivity contribution in [1.29, 1.82) is 0 Å². The van der Waals surface area contributed by atoms with Gasteiger partial charge in [0.1, 0.15) is 0 Å². The number of hydrogen-bond acceptors (Lipinski definition) is 4. The predicted octanol–water partition coefficient (Wildman–Crippen LogP) is 3.48. The second kappa shape index (κ2) is 6.37. The normalized spacial score (nSPS) is 15.9. The molecule has 1 aliphatic rings. The lowest BCUT2D eigenvalue weighted by Gasteiger charge is -2.21. The van der Waals surface area contributed by atoms with Crippen molar-refractivity contribution >= 4 is 22.9 Å². The van der Waals surface area contributed by atoms with E-state index in [-0.39, 0.29) is 11.8 Å². The number of anilines is 1. The number of rotatable bonds is 3. The van der Waals surface area contributed by atoms with Gasteiger partial charge >= 0.3 is 0 Å². The van der Waals surface area contributed by atoms with Crippen molar-refractivity contribution in [2.24, 2.45) is 5.92 Å². The van der Waals surface area contributed by atoms with E-state index in [0.717, 1.165) is 34.8 Å². The second-order valence-electron chi connectivity index (χ2n) is 5.21. The van der Waals surface area contributed by atoms with Crippen LogP contribution in [0.3, 0.4) is 0 Å². The average molecular weight is 302 g/mol. The third-order valence-corrected chi connectivity index (χ3v) is 4.41. The minimum Gasteiger partial charge on any atom is -0.381 e. The zero-order valence-corrected chi connectivity index (χ0v) is 12.8. The molecular formula is C16H18N2O2S. The first kappa shape index (κ1) is 14.2. The molecule has 1 aromatic heterocycles. The van der Waals surface area contributed by atoms with E-state index in [1.807, 2.05) is 36.6 Å². The first-order valence-electron chi connectivity index (χ1n) is 7.13. The summed E-state index contributed by atoms with van der Waals surface area (Å²) in [5.74, 6) is 0.147. The van der Waals surface area contributed by atoms with E-state index in [1.165, 1.54) is 0 Å².